The Balaban J connectivity index is 2.05. The van der Waals surface area contributed by atoms with Gasteiger partial charge in [-0.3, -0.25) is 0 Å². The third-order valence-electron chi connectivity index (χ3n) is 2.83. The lowest BCUT2D eigenvalue weighted by Crippen LogP contribution is -2.14. The summed E-state index contributed by atoms with van der Waals surface area (Å²) in [6.45, 7) is 1.51. The number of hydrogen-bond donors (Lipinski definition) is 2. The second kappa shape index (κ2) is 4.79. The van der Waals surface area contributed by atoms with Crippen LogP contribution in [0.25, 0.3) is 0 Å². The fourth-order valence-corrected chi connectivity index (χ4v) is 1.86. The van der Waals surface area contributed by atoms with E-state index in [0.717, 1.165) is 31.8 Å². The number of aliphatic hydroxyl groups is 1. The molecule has 0 amide bonds. The minimum absolute atomic E-state index is 0.0826. The summed E-state index contributed by atoms with van der Waals surface area (Å²) >= 11 is 0. The lowest BCUT2D eigenvalue weighted by molar-refractivity contribution is 0.0801. The molecule has 4 heteroatoms. The van der Waals surface area contributed by atoms with Crippen LogP contribution in [0.15, 0.2) is 16.5 Å². The Kier molecular flexibility index (Phi) is 3.41. The summed E-state index contributed by atoms with van der Waals surface area (Å²) in [6.07, 6.45) is 2.00. The minimum atomic E-state index is -0.404. The highest BCUT2D eigenvalue weighted by molar-refractivity contribution is 5.14. The Labute approximate surface area is 89.0 Å². The molecule has 1 aromatic heterocycles. The van der Waals surface area contributed by atoms with Gasteiger partial charge in [-0.05, 0) is 25.0 Å². The molecular formula is C11H17NO3. The van der Waals surface area contributed by atoms with Gasteiger partial charge < -0.3 is 20.0 Å². The highest BCUT2D eigenvalue weighted by Crippen LogP contribution is 2.29. The number of furan rings is 1. The zero-order chi connectivity index (χ0) is 10.7. The quantitative estimate of drug-likeness (QED) is 0.787. The lowest BCUT2D eigenvalue weighted by Gasteiger charge is -2.19. The van der Waals surface area contributed by atoms with Crippen LogP contribution in [0.1, 0.15) is 36.3 Å². The van der Waals surface area contributed by atoms with Crippen molar-refractivity contribution in [2.45, 2.75) is 24.8 Å². The first-order valence-corrected chi connectivity index (χ1v) is 5.35. The molecule has 2 heterocycles. The maximum absolute atomic E-state index is 8.90. The van der Waals surface area contributed by atoms with Crippen molar-refractivity contribution in [3.63, 3.8) is 0 Å². The summed E-state index contributed by atoms with van der Waals surface area (Å²) in [7, 11) is 0. The fraction of sp³-hybridized carbons (Fsp3) is 0.636. The molecule has 1 fully saturated rings. The van der Waals surface area contributed by atoms with Gasteiger partial charge in [0.1, 0.15) is 11.5 Å². The third kappa shape index (κ3) is 2.40. The fourth-order valence-electron chi connectivity index (χ4n) is 1.86. The predicted octanol–water partition coefficient (Wildman–Crippen LogP) is 1.17. The molecule has 0 aromatic carbocycles. The van der Waals surface area contributed by atoms with E-state index in [1.54, 1.807) is 0 Å². The molecule has 1 aliphatic rings. The molecule has 1 aliphatic heterocycles. The van der Waals surface area contributed by atoms with E-state index in [2.05, 4.69) is 0 Å². The van der Waals surface area contributed by atoms with Gasteiger partial charge in [0, 0.05) is 19.1 Å². The average molecular weight is 211 g/mol. The zero-order valence-electron chi connectivity index (χ0n) is 8.69. The number of aliphatic hydroxyl groups excluding tert-OH is 1. The molecule has 84 valence electrons. The molecule has 1 aromatic rings. The van der Waals surface area contributed by atoms with Crippen LogP contribution >= 0.6 is 0 Å². The Morgan fingerprint density at radius 3 is 2.80 bits per heavy atom. The van der Waals surface area contributed by atoms with Crippen molar-refractivity contribution in [1.29, 1.82) is 0 Å². The van der Waals surface area contributed by atoms with Gasteiger partial charge in [-0.15, -0.1) is 0 Å². The van der Waals surface area contributed by atoms with E-state index in [1.165, 1.54) is 0 Å². The van der Waals surface area contributed by atoms with Crippen LogP contribution < -0.4 is 5.73 Å². The van der Waals surface area contributed by atoms with Crippen LogP contribution in [-0.2, 0) is 4.74 Å². The molecular weight excluding hydrogens is 194 g/mol. The second-order valence-corrected chi connectivity index (χ2v) is 3.92. The smallest absolute Gasteiger partial charge is 0.123 e. The van der Waals surface area contributed by atoms with Crippen molar-refractivity contribution in [1.82, 2.24) is 0 Å². The van der Waals surface area contributed by atoms with E-state index in [4.69, 9.17) is 20.0 Å². The van der Waals surface area contributed by atoms with Crippen molar-refractivity contribution in [3.05, 3.63) is 23.7 Å². The van der Waals surface area contributed by atoms with Gasteiger partial charge in [0.25, 0.3) is 0 Å². The number of hydrogen-bond acceptors (Lipinski definition) is 4. The molecule has 0 spiro atoms. The van der Waals surface area contributed by atoms with Gasteiger partial charge in [-0.25, -0.2) is 0 Å². The Hall–Kier alpha value is -0.840. The maximum Gasteiger partial charge on any atom is 0.123 e. The molecule has 3 N–H and O–H groups in total. The number of rotatable bonds is 3. The molecule has 0 bridgehead atoms. The van der Waals surface area contributed by atoms with Crippen LogP contribution in [0.2, 0.25) is 0 Å². The molecule has 1 saturated heterocycles. The monoisotopic (exact) mass is 211 g/mol. The first-order valence-electron chi connectivity index (χ1n) is 5.35. The summed E-state index contributed by atoms with van der Waals surface area (Å²) in [5.41, 5.74) is 5.67. The molecule has 0 radical (unpaired) electrons. The predicted molar refractivity (Wildman–Crippen MR) is 55.5 cm³/mol. The van der Waals surface area contributed by atoms with E-state index in [9.17, 15) is 0 Å². The summed E-state index contributed by atoms with van der Waals surface area (Å²) in [5.74, 6) is 2.08. The average Bonchev–Trinajstić information content (AvgIpc) is 2.78. The van der Waals surface area contributed by atoms with Gasteiger partial charge in [-0.1, -0.05) is 0 Å². The number of nitrogens with two attached hydrogens (primary N) is 1. The molecule has 2 rings (SSSR count). The molecule has 1 atom stereocenters. The van der Waals surface area contributed by atoms with Crippen molar-refractivity contribution in [2.75, 3.05) is 19.8 Å². The van der Waals surface area contributed by atoms with Gasteiger partial charge in [-0.2, -0.15) is 0 Å². The maximum atomic E-state index is 8.90. The van der Waals surface area contributed by atoms with E-state index < -0.39 is 6.04 Å². The van der Waals surface area contributed by atoms with Gasteiger partial charge >= 0.3 is 0 Å². The van der Waals surface area contributed by atoms with Crippen LogP contribution in [-0.4, -0.2) is 24.9 Å². The summed E-state index contributed by atoms with van der Waals surface area (Å²) in [6, 6.07) is 3.41. The lowest BCUT2D eigenvalue weighted by atomic mass is 9.98. The molecule has 15 heavy (non-hydrogen) atoms. The molecule has 1 unspecified atom stereocenters. The van der Waals surface area contributed by atoms with Crippen molar-refractivity contribution < 1.29 is 14.3 Å². The van der Waals surface area contributed by atoms with Crippen molar-refractivity contribution in [3.8, 4) is 0 Å². The highest BCUT2D eigenvalue weighted by Gasteiger charge is 2.20. The minimum Gasteiger partial charge on any atom is -0.464 e. The largest absolute Gasteiger partial charge is 0.464 e. The van der Waals surface area contributed by atoms with Crippen molar-refractivity contribution >= 4 is 0 Å². The SMILES string of the molecule is NC(CO)c1ccc(C2CCOCC2)o1. The number of ether oxygens (including phenoxy) is 1. The van der Waals surface area contributed by atoms with Gasteiger partial charge in [0.15, 0.2) is 0 Å². The van der Waals surface area contributed by atoms with E-state index in [0.29, 0.717) is 11.7 Å². The normalized spacial score (nSPS) is 20.4. The Bertz CT molecular complexity index is 305. The summed E-state index contributed by atoms with van der Waals surface area (Å²) in [5, 5.41) is 8.90. The first-order chi connectivity index (χ1) is 7.31. The first kappa shape index (κ1) is 10.7. The van der Waals surface area contributed by atoms with Gasteiger partial charge in [0.2, 0.25) is 0 Å². The van der Waals surface area contributed by atoms with Crippen molar-refractivity contribution in [2.24, 2.45) is 5.73 Å². The standard InChI is InChI=1S/C11H17NO3/c12-9(7-13)11-2-1-10(15-11)8-3-5-14-6-4-8/h1-2,8-9,13H,3-7,12H2. The Morgan fingerprint density at radius 1 is 1.40 bits per heavy atom. The van der Waals surface area contributed by atoms with Crippen LogP contribution in [0.3, 0.4) is 0 Å². The summed E-state index contributed by atoms with van der Waals surface area (Å²) < 4.78 is 10.9. The molecule has 0 aliphatic carbocycles. The Morgan fingerprint density at radius 2 is 2.13 bits per heavy atom. The van der Waals surface area contributed by atoms with E-state index in [-0.39, 0.29) is 6.61 Å². The van der Waals surface area contributed by atoms with Gasteiger partial charge in [0.05, 0.1) is 12.6 Å². The van der Waals surface area contributed by atoms with E-state index >= 15 is 0 Å². The second-order valence-electron chi connectivity index (χ2n) is 3.92. The summed E-state index contributed by atoms with van der Waals surface area (Å²) in [4.78, 5) is 0. The van der Waals surface area contributed by atoms with Crippen LogP contribution in [0.5, 0.6) is 0 Å². The zero-order valence-corrected chi connectivity index (χ0v) is 8.69. The molecule has 4 nitrogen and oxygen atoms in total. The van der Waals surface area contributed by atoms with Crippen LogP contribution in [0.4, 0.5) is 0 Å². The van der Waals surface area contributed by atoms with Crippen LogP contribution in [0, 0.1) is 0 Å². The third-order valence-corrected chi connectivity index (χ3v) is 2.83. The topological polar surface area (TPSA) is 68.6 Å². The van der Waals surface area contributed by atoms with E-state index in [1.807, 2.05) is 12.1 Å². The molecule has 0 saturated carbocycles. The highest BCUT2D eigenvalue weighted by atomic mass is 16.5.